The molecule has 0 aliphatic carbocycles. The minimum atomic E-state index is 0.571. The lowest BCUT2D eigenvalue weighted by molar-refractivity contribution is 1.45. The molecule has 0 saturated carbocycles. The number of hydrogen-bond acceptors (Lipinski definition) is 4. The largest absolute Gasteiger partial charge is 0.398 e. The van der Waals surface area contributed by atoms with Crippen molar-refractivity contribution < 1.29 is 0 Å². The Balaban J connectivity index is 2.18. The molecule has 2 rings (SSSR count). The van der Waals surface area contributed by atoms with Crippen LogP contribution in [0.3, 0.4) is 0 Å². The van der Waals surface area contributed by atoms with Gasteiger partial charge in [0.1, 0.15) is 0 Å². The van der Waals surface area contributed by atoms with Gasteiger partial charge in [-0.05, 0) is 35.9 Å². The maximum absolute atomic E-state index is 7.21. The number of benzene rings is 2. The molecule has 96 valence electrons. The van der Waals surface area contributed by atoms with Gasteiger partial charge in [-0.25, -0.2) is 0 Å². The third-order valence-corrected chi connectivity index (χ3v) is 3.05. The van der Waals surface area contributed by atoms with Gasteiger partial charge in [0, 0.05) is 33.7 Å². The Bertz CT molecular complexity index is 618. The maximum atomic E-state index is 7.21. The molecule has 4 heteroatoms. The van der Waals surface area contributed by atoms with E-state index in [1.807, 2.05) is 36.4 Å². The van der Waals surface area contributed by atoms with Crippen molar-refractivity contribution in [3.8, 4) is 0 Å². The van der Waals surface area contributed by atoms with Crippen LogP contribution >= 0.6 is 12.6 Å². The highest BCUT2D eigenvalue weighted by atomic mass is 32.1. The van der Waals surface area contributed by atoms with Gasteiger partial charge in [0.15, 0.2) is 0 Å². The standard InChI is InChI=1S/C15H15N3S/c1-10(18-13-4-6-14(19)7-5-13)11-2-3-12(9-16)15(17)8-11/h2-9,16,18-19H,1,17H2. The number of nitrogen functional groups attached to an aromatic ring is 1. The highest BCUT2D eigenvalue weighted by Crippen LogP contribution is 2.21. The lowest BCUT2D eigenvalue weighted by atomic mass is 10.1. The first-order valence-electron chi connectivity index (χ1n) is 5.75. The first kappa shape index (κ1) is 13.2. The van der Waals surface area contributed by atoms with Crippen LogP contribution in [-0.2, 0) is 0 Å². The summed E-state index contributed by atoms with van der Waals surface area (Å²) in [6.45, 7) is 4.00. The Morgan fingerprint density at radius 1 is 1.21 bits per heavy atom. The second kappa shape index (κ2) is 5.63. The van der Waals surface area contributed by atoms with Crippen molar-refractivity contribution in [3.05, 3.63) is 60.2 Å². The van der Waals surface area contributed by atoms with E-state index < -0.39 is 0 Å². The molecular weight excluding hydrogens is 254 g/mol. The normalized spacial score (nSPS) is 9.95. The van der Waals surface area contributed by atoms with E-state index in [0.717, 1.165) is 21.8 Å². The molecule has 0 unspecified atom stereocenters. The van der Waals surface area contributed by atoms with Crippen molar-refractivity contribution in [2.24, 2.45) is 0 Å². The van der Waals surface area contributed by atoms with Crippen LogP contribution in [0.2, 0.25) is 0 Å². The molecule has 0 aliphatic rings. The molecular formula is C15H15N3S. The van der Waals surface area contributed by atoms with Crippen LogP contribution < -0.4 is 11.1 Å². The summed E-state index contributed by atoms with van der Waals surface area (Å²) in [6.07, 6.45) is 1.24. The van der Waals surface area contributed by atoms with Crippen LogP contribution in [0, 0.1) is 5.41 Å². The number of nitrogens with two attached hydrogens (primary N) is 1. The van der Waals surface area contributed by atoms with Gasteiger partial charge in [-0.1, -0.05) is 18.7 Å². The Morgan fingerprint density at radius 2 is 1.89 bits per heavy atom. The molecule has 2 aromatic rings. The third-order valence-electron chi connectivity index (χ3n) is 2.75. The molecule has 0 spiro atoms. The first-order valence-corrected chi connectivity index (χ1v) is 6.20. The van der Waals surface area contributed by atoms with Crippen LogP contribution in [0.4, 0.5) is 11.4 Å². The van der Waals surface area contributed by atoms with E-state index in [1.165, 1.54) is 6.21 Å². The van der Waals surface area contributed by atoms with Crippen LogP contribution in [-0.4, -0.2) is 6.21 Å². The summed E-state index contributed by atoms with van der Waals surface area (Å²) in [6, 6.07) is 13.2. The topological polar surface area (TPSA) is 61.9 Å². The van der Waals surface area contributed by atoms with Gasteiger partial charge in [-0.3, -0.25) is 0 Å². The molecule has 0 bridgehead atoms. The lowest BCUT2D eigenvalue weighted by Gasteiger charge is -2.11. The summed E-state index contributed by atoms with van der Waals surface area (Å²) in [5.74, 6) is 0. The van der Waals surface area contributed by atoms with Crippen molar-refractivity contribution in [1.29, 1.82) is 5.41 Å². The minimum absolute atomic E-state index is 0.571. The van der Waals surface area contributed by atoms with Crippen molar-refractivity contribution in [2.45, 2.75) is 4.90 Å². The van der Waals surface area contributed by atoms with Gasteiger partial charge in [-0.2, -0.15) is 0 Å². The molecule has 19 heavy (non-hydrogen) atoms. The quantitative estimate of drug-likeness (QED) is 0.389. The van der Waals surface area contributed by atoms with E-state index in [-0.39, 0.29) is 0 Å². The maximum Gasteiger partial charge on any atom is 0.0409 e. The Labute approximate surface area is 118 Å². The zero-order chi connectivity index (χ0) is 13.8. The number of anilines is 2. The molecule has 0 aliphatic heterocycles. The second-order valence-electron chi connectivity index (χ2n) is 4.14. The predicted molar refractivity (Wildman–Crippen MR) is 85.1 cm³/mol. The molecule has 3 nitrogen and oxygen atoms in total. The van der Waals surface area contributed by atoms with Crippen LogP contribution in [0.15, 0.2) is 53.9 Å². The number of hydrogen-bond donors (Lipinski definition) is 4. The van der Waals surface area contributed by atoms with E-state index in [0.29, 0.717) is 11.3 Å². The van der Waals surface area contributed by atoms with Crippen molar-refractivity contribution >= 4 is 35.9 Å². The van der Waals surface area contributed by atoms with Gasteiger partial charge in [0.2, 0.25) is 0 Å². The van der Waals surface area contributed by atoms with Gasteiger partial charge in [0.25, 0.3) is 0 Å². The van der Waals surface area contributed by atoms with E-state index in [4.69, 9.17) is 11.1 Å². The molecule has 0 heterocycles. The summed E-state index contributed by atoms with van der Waals surface area (Å²) < 4.78 is 0. The van der Waals surface area contributed by atoms with E-state index in [2.05, 4.69) is 24.5 Å². The summed E-state index contributed by atoms with van der Waals surface area (Å²) in [4.78, 5) is 0.913. The summed E-state index contributed by atoms with van der Waals surface area (Å²) in [5.41, 5.74) is 9.73. The SMILES string of the molecule is C=C(Nc1ccc(S)cc1)c1ccc(C=N)c(N)c1. The van der Waals surface area contributed by atoms with Crippen LogP contribution in [0.1, 0.15) is 11.1 Å². The number of thiol groups is 1. The van der Waals surface area contributed by atoms with Crippen LogP contribution in [0.5, 0.6) is 0 Å². The molecule has 0 aromatic heterocycles. The molecule has 2 aromatic carbocycles. The first-order chi connectivity index (χ1) is 9.10. The van der Waals surface area contributed by atoms with Gasteiger partial charge < -0.3 is 16.5 Å². The lowest BCUT2D eigenvalue weighted by Crippen LogP contribution is -2.00. The Kier molecular flexibility index (Phi) is 3.92. The molecule has 0 saturated heterocycles. The molecule has 0 amide bonds. The summed E-state index contributed by atoms with van der Waals surface area (Å²) >= 11 is 4.24. The van der Waals surface area contributed by atoms with Crippen molar-refractivity contribution in [3.63, 3.8) is 0 Å². The fourth-order valence-electron chi connectivity index (χ4n) is 1.69. The van der Waals surface area contributed by atoms with E-state index in [9.17, 15) is 0 Å². The number of nitrogens with one attached hydrogen (secondary N) is 2. The fourth-order valence-corrected chi connectivity index (χ4v) is 1.83. The fraction of sp³-hybridized carbons (Fsp3) is 0. The Hall–Kier alpha value is -2.20. The molecule has 4 N–H and O–H groups in total. The van der Waals surface area contributed by atoms with Crippen molar-refractivity contribution in [1.82, 2.24) is 0 Å². The summed E-state index contributed by atoms with van der Waals surface area (Å²) in [5, 5.41) is 10.4. The number of rotatable bonds is 4. The van der Waals surface area contributed by atoms with Gasteiger partial charge in [0.05, 0.1) is 0 Å². The van der Waals surface area contributed by atoms with Gasteiger partial charge >= 0.3 is 0 Å². The van der Waals surface area contributed by atoms with E-state index in [1.54, 1.807) is 6.07 Å². The Morgan fingerprint density at radius 3 is 2.47 bits per heavy atom. The monoisotopic (exact) mass is 269 g/mol. The predicted octanol–water partition coefficient (Wildman–Crippen LogP) is 3.64. The zero-order valence-corrected chi connectivity index (χ0v) is 11.2. The third kappa shape index (κ3) is 3.17. The smallest absolute Gasteiger partial charge is 0.0409 e. The van der Waals surface area contributed by atoms with Gasteiger partial charge in [-0.15, -0.1) is 12.6 Å². The minimum Gasteiger partial charge on any atom is -0.398 e. The molecule has 0 radical (unpaired) electrons. The highest BCUT2D eigenvalue weighted by Gasteiger charge is 2.03. The highest BCUT2D eigenvalue weighted by molar-refractivity contribution is 7.80. The average molecular weight is 269 g/mol. The second-order valence-corrected chi connectivity index (χ2v) is 4.65. The van der Waals surface area contributed by atoms with Crippen LogP contribution in [0.25, 0.3) is 5.70 Å². The summed E-state index contributed by atoms with van der Waals surface area (Å²) in [7, 11) is 0. The zero-order valence-electron chi connectivity index (χ0n) is 10.4. The van der Waals surface area contributed by atoms with Crippen molar-refractivity contribution in [2.75, 3.05) is 11.1 Å². The molecule has 0 atom stereocenters. The van der Waals surface area contributed by atoms with E-state index >= 15 is 0 Å². The average Bonchev–Trinajstić information content (AvgIpc) is 2.41. The molecule has 0 fully saturated rings.